The van der Waals surface area contributed by atoms with E-state index in [1.54, 1.807) is 10.9 Å². The molecule has 0 atom stereocenters. The van der Waals surface area contributed by atoms with E-state index in [-0.39, 0.29) is 0 Å². The van der Waals surface area contributed by atoms with E-state index in [2.05, 4.69) is 29.9 Å². The summed E-state index contributed by atoms with van der Waals surface area (Å²) in [5, 5.41) is 5.38. The number of benzene rings is 2. The molecule has 0 aliphatic heterocycles. The average Bonchev–Trinajstić information content (AvgIpc) is 3.34. The Morgan fingerprint density at radius 1 is 0.871 bits per heavy atom. The number of para-hydroxylation sites is 1. The van der Waals surface area contributed by atoms with Crippen LogP contribution in [0.15, 0.2) is 67.0 Å². The molecule has 6 heteroatoms. The zero-order valence-electron chi connectivity index (χ0n) is 18.2. The van der Waals surface area contributed by atoms with Crippen LogP contribution in [0.5, 0.6) is 11.5 Å². The number of nitrogens with zero attached hydrogens (tertiary/aromatic N) is 5. The number of hydrogen-bond acceptors (Lipinski definition) is 5. The molecule has 2 heterocycles. The zero-order valence-corrected chi connectivity index (χ0v) is 18.2. The van der Waals surface area contributed by atoms with Crippen molar-refractivity contribution in [1.82, 2.24) is 19.7 Å². The largest absolute Gasteiger partial charge is 0.457 e. The minimum absolute atomic E-state index is 0.572. The lowest BCUT2D eigenvalue weighted by Gasteiger charge is -2.25. The summed E-state index contributed by atoms with van der Waals surface area (Å²) < 4.78 is 7.76. The van der Waals surface area contributed by atoms with Gasteiger partial charge < -0.3 is 9.64 Å². The first-order valence-electron chi connectivity index (χ1n) is 11.1. The minimum Gasteiger partial charge on any atom is -0.457 e. The summed E-state index contributed by atoms with van der Waals surface area (Å²) in [4.78, 5) is 12.1. The van der Waals surface area contributed by atoms with E-state index in [1.165, 1.54) is 0 Å². The van der Waals surface area contributed by atoms with Crippen LogP contribution >= 0.6 is 0 Å². The highest BCUT2D eigenvalue weighted by Crippen LogP contribution is 2.30. The van der Waals surface area contributed by atoms with E-state index in [0.29, 0.717) is 5.95 Å². The van der Waals surface area contributed by atoms with Gasteiger partial charge in [-0.05, 0) is 43.2 Å². The summed E-state index contributed by atoms with van der Waals surface area (Å²) in [6, 6.07) is 17.7. The first kappa shape index (κ1) is 20.8. The standard InChI is InChI=1S/C25H29N5O/c1-3-5-16-29(17-6-4-2)24-22-14-13-21(31-20-11-8-7-9-12-20)19-23(22)27-25(28-24)30-18-10-15-26-30/h7-15,18-19H,3-6,16-17H2,1-2H3. The molecule has 0 spiro atoms. The van der Waals surface area contributed by atoms with E-state index in [4.69, 9.17) is 14.7 Å². The molecule has 0 saturated heterocycles. The first-order valence-corrected chi connectivity index (χ1v) is 11.1. The molecule has 0 saturated carbocycles. The van der Waals surface area contributed by atoms with Crippen molar-refractivity contribution in [3.05, 3.63) is 67.0 Å². The normalized spacial score (nSPS) is 11.0. The van der Waals surface area contributed by atoms with E-state index in [1.807, 2.05) is 54.7 Å². The van der Waals surface area contributed by atoms with Crippen LogP contribution in [-0.4, -0.2) is 32.8 Å². The fraction of sp³-hybridized carbons (Fsp3) is 0.320. The van der Waals surface area contributed by atoms with Gasteiger partial charge in [-0.25, -0.2) is 9.67 Å². The molecular formula is C25H29N5O. The van der Waals surface area contributed by atoms with Gasteiger partial charge in [-0.3, -0.25) is 0 Å². The van der Waals surface area contributed by atoms with E-state index >= 15 is 0 Å². The third-order valence-electron chi connectivity index (χ3n) is 5.19. The first-order chi connectivity index (χ1) is 15.3. The molecular weight excluding hydrogens is 386 g/mol. The Morgan fingerprint density at radius 2 is 1.65 bits per heavy atom. The number of ether oxygens (including phenoxy) is 1. The lowest BCUT2D eigenvalue weighted by molar-refractivity contribution is 0.483. The molecule has 4 aromatic rings. The lowest BCUT2D eigenvalue weighted by atomic mass is 10.2. The van der Waals surface area contributed by atoms with Crippen molar-refractivity contribution in [1.29, 1.82) is 0 Å². The third kappa shape index (κ3) is 5.02. The van der Waals surface area contributed by atoms with Gasteiger partial charge in [0.05, 0.1) is 5.52 Å². The maximum atomic E-state index is 6.05. The number of rotatable bonds is 10. The van der Waals surface area contributed by atoms with Crippen LogP contribution in [0.2, 0.25) is 0 Å². The fourth-order valence-corrected chi connectivity index (χ4v) is 3.52. The molecule has 0 fully saturated rings. The maximum Gasteiger partial charge on any atom is 0.253 e. The second kappa shape index (κ2) is 10.1. The Kier molecular flexibility index (Phi) is 6.77. The highest BCUT2D eigenvalue weighted by atomic mass is 16.5. The zero-order chi connectivity index (χ0) is 21.5. The number of hydrogen-bond donors (Lipinski definition) is 0. The van der Waals surface area contributed by atoms with E-state index in [0.717, 1.165) is 67.0 Å². The molecule has 0 N–H and O–H groups in total. The van der Waals surface area contributed by atoms with Crippen LogP contribution in [0.25, 0.3) is 16.9 Å². The number of aromatic nitrogens is 4. The molecule has 2 aromatic carbocycles. The molecule has 2 aromatic heterocycles. The number of fused-ring (bicyclic) bond motifs is 1. The monoisotopic (exact) mass is 415 g/mol. The van der Waals surface area contributed by atoms with Crippen LogP contribution in [0.3, 0.4) is 0 Å². The van der Waals surface area contributed by atoms with Crippen LogP contribution in [0.4, 0.5) is 5.82 Å². The van der Waals surface area contributed by atoms with Crippen molar-refractivity contribution < 1.29 is 4.74 Å². The molecule has 0 bridgehead atoms. The van der Waals surface area contributed by atoms with Gasteiger partial charge >= 0.3 is 0 Å². The van der Waals surface area contributed by atoms with Gasteiger partial charge in [-0.15, -0.1) is 0 Å². The highest BCUT2D eigenvalue weighted by molar-refractivity contribution is 5.91. The molecule has 160 valence electrons. The summed E-state index contributed by atoms with van der Waals surface area (Å²) in [6.45, 7) is 6.39. The van der Waals surface area contributed by atoms with Gasteiger partial charge in [0.2, 0.25) is 0 Å². The van der Waals surface area contributed by atoms with Crippen LogP contribution in [-0.2, 0) is 0 Å². The Morgan fingerprint density at radius 3 is 2.32 bits per heavy atom. The summed E-state index contributed by atoms with van der Waals surface area (Å²) in [7, 11) is 0. The highest BCUT2D eigenvalue weighted by Gasteiger charge is 2.16. The van der Waals surface area contributed by atoms with Gasteiger partial charge in [-0.2, -0.15) is 10.1 Å². The molecule has 31 heavy (non-hydrogen) atoms. The summed E-state index contributed by atoms with van der Waals surface area (Å²) in [5.41, 5.74) is 0.849. The van der Waals surface area contributed by atoms with Crippen molar-refractivity contribution in [2.45, 2.75) is 39.5 Å². The Labute approximate surface area is 183 Å². The second-order valence-corrected chi connectivity index (χ2v) is 7.59. The predicted molar refractivity (Wildman–Crippen MR) is 125 cm³/mol. The van der Waals surface area contributed by atoms with Crippen LogP contribution in [0, 0.1) is 0 Å². The van der Waals surface area contributed by atoms with Gasteiger partial charge in [-0.1, -0.05) is 44.9 Å². The Balaban J connectivity index is 1.79. The van der Waals surface area contributed by atoms with Crippen molar-refractivity contribution in [3.8, 4) is 17.4 Å². The molecule has 4 rings (SSSR count). The van der Waals surface area contributed by atoms with Crippen molar-refractivity contribution in [2.24, 2.45) is 0 Å². The average molecular weight is 416 g/mol. The maximum absolute atomic E-state index is 6.05. The molecule has 0 aliphatic carbocycles. The molecule has 6 nitrogen and oxygen atoms in total. The smallest absolute Gasteiger partial charge is 0.253 e. The van der Waals surface area contributed by atoms with Crippen molar-refractivity contribution in [2.75, 3.05) is 18.0 Å². The quantitative estimate of drug-likeness (QED) is 0.317. The molecule has 0 radical (unpaired) electrons. The number of unbranched alkanes of at least 4 members (excludes halogenated alkanes) is 2. The van der Waals surface area contributed by atoms with Gasteiger partial charge in [0, 0.05) is 36.9 Å². The molecule has 0 aliphatic rings. The second-order valence-electron chi connectivity index (χ2n) is 7.59. The van der Waals surface area contributed by atoms with Crippen molar-refractivity contribution >= 4 is 16.7 Å². The van der Waals surface area contributed by atoms with E-state index < -0.39 is 0 Å². The summed E-state index contributed by atoms with van der Waals surface area (Å²) in [6.07, 6.45) is 8.16. The SMILES string of the molecule is CCCCN(CCCC)c1nc(-n2cccn2)nc2cc(Oc3ccccc3)ccc12. The lowest BCUT2D eigenvalue weighted by Crippen LogP contribution is -2.27. The Hall–Kier alpha value is -3.41. The van der Waals surface area contributed by atoms with Gasteiger partial charge in [0.15, 0.2) is 0 Å². The van der Waals surface area contributed by atoms with Crippen LogP contribution in [0.1, 0.15) is 39.5 Å². The minimum atomic E-state index is 0.572. The molecule has 0 unspecified atom stereocenters. The summed E-state index contributed by atoms with van der Waals surface area (Å²) in [5.74, 6) is 3.09. The van der Waals surface area contributed by atoms with Gasteiger partial charge in [0.25, 0.3) is 5.95 Å². The van der Waals surface area contributed by atoms with E-state index in [9.17, 15) is 0 Å². The van der Waals surface area contributed by atoms with Gasteiger partial charge in [0.1, 0.15) is 17.3 Å². The van der Waals surface area contributed by atoms with Crippen LogP contribution < -0.4 is 9.64 Å². The van der Waals surface area contributed by atoms with Crippen molar-refractivity contribution in [3.63, 3.8) is 0 Å². The summed E-state index contributed by atoms with van der Waals surface area (Å²) >= 11 is 0. The third-order valence-corrected chi connectivity index (χ3v) is 5.19. The topological polar surface area (TPSA) is 56.1 Å². The molecule has 0 amide bonds. The Bertz CT molecular complexity index is 1090. The predicted octanol–water partition coefficient (Wildman–Crippen LogP) is 6.01. The number of anilines is 1. The fourth-order valence-electron chi connectivity index (χ4n) is 3.52.